The van der Waals surface area contributed by atoms with Crippen LogP contribution in [0, 0.1) is 0 Å². The van der Waals surface area contributed by atoms with Crippen LogP contribution in [0.15, 0.2) is 18.2 Å². The van der Waals surface area contributed by atoms with Crippen molar-refractivity contribution < 1.29 is 15.0 Å². The zero-order valence-corrected chi connectivity index (χ0v) is 8.14. The average molecular weight is 206 g/mol. The molecule has 0 bridgehead atoms. The van der Waals surface area contributed by atoms with E-state index in [0.717, 1.165) is 0 Å². The number of fused-ring (bicyclic) bond motifs is 1. The molecule has 5 nitrogen and oxygen atoms in total. The maximum Gasteiger partial charge on any atom is 0.309 e. The fraction of sp³-hybridized carbons (Fsp3) is 0.200. The van der Waals surface area contributed by atoms with Gasteiger partial charge < -0.3 is 10.2 Å². The minimum absolute atomic E-state index is 0.110. The lowest BCUT2D eigenvalue weighted by Gasteiger charge is -1.96. The SMILES string of the molecule is Cn1nc(CC(=O)O)c2cccc(O)c21. The third-order valence-electron chi connectivity index (χ3n) is 2.24. The summed E-state index contributed by atoms with van der Waals surface area (Å²) in [4.78, 5) is 10.6. The number of phenolic OH excluding ortho intramolecular Hbond substituents is 1. The highest BCUT2D eigenvalue weighted by Gasteiger charge is 2.13. The van der Waals surface area contributed by atoms with Crippen molar-refractivity contribution in [3.63, 3.8) is 0 Å². The number of carbonyl (C=O) groups is 1. The number of carboxylic acids is 1. The summed E-state index contributed by atoms with van der Waals surface area (Å²) in [5.74, 6) is -0.822. The highest BCUT2D eigenvalue weighted by atomic mass is 16.4. The number of carboxylic acid groups (broad SMARTS) is 1. The number of aromatic nitrogens is 2. The molecule has 15 heavy (non-hydrogen) atoms. The number of hydrogen-bond acceptors (Lipinski definition) is 3. The molecule has 0 aliphatic heterocycles. The van der Waals surface area contributed by atoms with E-state index in [4.69, 9.17) is 5.11 Å². The van der Waals surface area contributed by atoms with Crippen molar-refractivity contribution in [3.8, 4) is 5.75 Å². The minimum atomic E-state index is -0.932. The number of aromatic hydroxyl groups is 1. The normalized spacial score (nSPS) is 10.7. The lowest BCUT2D eigenvalue weighted by molar-refractivity contribution is -0.136. The molecule has 5 heteroatoms. The average Bonchev–Trinajstić information content (AvgIpc) is 2.44. The Hall–Kier alpha value is -2.04. The first kappa shape index (κ1) is 9.51. The summed E-state index contributed by atoms with van der Waals surface area (Å²) in [7, 11) is 1.67. The van der Waals surface area contributed by atoms with Crippen molar-refractivity contribution >= 4 is 16.9 Å². The lowest BCUT2D eigenvalue weighted by Crippen LogP contribution is -2.01. The molecule has 0 aliphatic rings. The van der Waals surface area contributed by atoms with Crippen LogP contribution in [0.25, 0.3) is 10.9 Å². The Balaban J connectivity index is 2.68. The number of para-hydroxylation sites is 1. The monoisotopic (exact) mass is 206 g/mol. The summed E-state index contributed by atoms with van der Waals surface area (Å²) in [6.45, 7) is 0. The van der Waals surface area contributed by atoms with Gasteiger partial charge in [0, 0.05) is 12.4 Å². The maximum atomic E-state index is 10.6. The van der Waals surface area contributed by atoms with Gasteiger partial charge in [-0.2, -0.15) is 5.10 Å². The summed E-state index contributed by atoms with van der Waals surface area (Å²) in [6.07, 6.45) is -0.138. The standard InChI is InChI=1S/C10H10N2O3/c1-12-10-6(3-2-4-8(10)13)7(11-12)5-9(14)15/h2-4,13H,5H2,1H3,(H,14,15). The van der Waals surface area contributed by atoms with E-state index in [1.165, 1.54) is 4.68 Å². The van der Waals surface area contributed by atoms with E-state index < -0.39 is 5.97 Å². The molecule has 2 aromatic rings. The molecule has 0 aliphatic carbocycles. The smallest absolute Gasteiger partial charge is 0.309 e. The number of phenols is 1. The van der Waals surface area contributed by atoms with Gasteiger partial charge in [-0.15, -0.1) is 0 Å². The zero-order valence-electron chi connectivity index (χ0n) is 8.14. The first-order chi connectivity index (χ1) is 7.09. The van der Waals surface area contributed by atoms with E-state index >= 15 is 0 Å². The summed E-state index contributed by atoms with van der Waals surface area (Å²) in [6, 6.07) is 4.97. The molecule has 2 rings (SSSR count). The molecular formula is C10H10N2O3. The Bertz CT molecular complexity index is 531. The molecule has 2 N–H and O–H groups in total. The minimum Gasteiger partial charge on any atom is -0.506 e. The molecule has 0 saturated heterocycles. The second kappa shape index (κ2) is 3.27. The van der Waals surface area contributed by atoms with Crippen LogP contribution in [0.1, 0.15) is 5.69 Å². The van der Waals surface area contributed by atoms with Gasteiger partial charge in [0.1, 0.15) is 11.3 Å². The molecule has 0 unspecified atom stereocenters. The molecule has 0 atom stereocenters. The van der Waals surface area contributed by atoms with Gasteiger partial charge in [-0.3, -0.25) is 9.48 Å². The molecule has 0 fully saturated rings. The van der Waals surface area contributed by atoms with Crippen LogP contribution in [0.2, 0.25) is 0 Å². The van der Waals surface area contributed by atoms with Crippen molar-refractivity contribution in [1.82, 2.24) is 9.78 Å². The number of nitrogens with zero attached hydrogens (tertiary/aromatic N) is 2. The molecular weight excluding hydrogens is 196 g/mol. The maximum absolute atomic E-state index is 10.6. The van der Waals surface area contributed by atoms with Gasteiger partial charge in [-0.1, -0.05) is 12.1 Å². The highest BCUT2D eigenvalue weighted by molar-refractivity contribution is 5.89. The van der Waals surface area contributed by atoms with Gasteiger partial charge in [0.25, 0.3) is 0 Å². The third-order valence-corrected chi connectivity index (χ3v) is 2.24. The Kier molecular flexibility index (Phi) is 2.07. The van der Waals surface area contributed by atoms with Crippen LogP contribution in [-0.2, 0) is 18.3 Å². The van der Waals surface area contributed by atoms with Gasteiger partial charge in [0.15, 0.2) is 0 Å². The van der Waals surface area contributed by atoms with Gasteiger partial charge in [0.2, 0.25) is 0 Å². The topological polar surface area (TPSA) is 75.4 Å². The Morgan fingerprint density at radius 2 is 2.27 bits per heavy atom. The van der Waals surface area contributed by atoms with Gasteiger partial charge >= 0.3 is 5.97 Å². The van der Waals surface area contributed by atoms with Crippen molar-refractivity contribution in [1.29, 1.82) is 0 Å². The summed E-state index contributed by atoms with van der Waals surface area (Å²) in [5.41, 5.74) is 1.03. The van der Waals surface area contributed by atoms with E-state index in [-0.39, 0.29) is 12.2 Å². The van der Waals surface area contributed by atoms with E-state index in [1.807, 2.05) is 0 Å². The van der Waals surface area contributed by atoms with Crippen molar-refractivity contribution in [2.45, 2.75) is 6.42 Å². The molecule has 0 saturated carbocycles. The summed E-state index contributed by atoms with van der Waals surface area (Å²) in [5, 5.41) is 23.0. The van der Waals surface area contributed by atoms with Crippen LogP contribution in [0.4, 0.5) is 0 Å². The number of rotatable bonds is 2. The molecule has 1 heterocycles. The van der Waals surface area contributed by atoms with Crippen LogP contribution in [0.5, 0.6) is 5.75 Å². The lowest BCUT2D eigenvalue weighted by atomic mass is 10.1. The summed E-state index contributed by atoms with van der Waals surface area (Å²) >= 11 is 0. The van der Waals surface area contributed by atoms with Gasteiger partial charge in [-0.25, -0.2) is 0 Å². The number of aliphatic carboxylic acids is 1. The van der Waals surface area contributed by atoms with E-state index in [2.05, 4.69) is 5.10 Å². The van der Waals surface area contributed by atoms with E-state index in [0.29, 0.717) is 16.6 Å². The van der Waals surface area contributed by atoms with Crippen LogP contribution in [0.3, 0.4) is 0 Å². The second-order valence-corrected chi connectivity index (χ2v) is 3.31. The van der Waals surface area contributed by atoms with E-state index in [1.54, 1.807) is 25.2 Å². The molecule has 0 spiro atoms. The predicted molar refractivity (Wildman–Crippen MR) is 53.7 cm³/mol. The fourth-order valence-electron chi connectivity index (χ4n) is 1.66. The highest BCUT2D eigenvalue weighted by Crippen LogP contribution is 2.26. The fourth-order valence-corrected chi connectivity index (χ4v) is 1.66. The third kappa shape index (κ3) is 1.52. The van der Waals surface area contributed by atoms with Gasteiger partial charge in [-0.05, 0) is 6.07 Å². The van der Waals surface area contributed by atoms with Crippen LogP contribution < -0.4 is 0 Å². The first-order valence-corrected chi connectivity index (χ1v) is 4.45. The Morgan fingerprint density at radius 1 is 1.53 bits per heavy atom. The predicted octanol–water partition coefficient (Wildman–Crippen LogP) is 0.906. The molecule has 0 radical (unpaired) electrons. The second-order valence-electron chi connectivity index (χ2n) is 3.31. The van der Waals surface area contributed by atoms with Gasteiger partial charge in [0.05, 0.1) is 12.1 Å². The largest absolute Gasteiger partial charge is 0.506 e. The first-order valence-electron chi connectivity index (χ1n) is 4.45. The van der Waals surface area contributed by atoms with Crippen LogP contribution >= 0.6 is 0 Å². The Morgan fingerprint density at radius 3 is 2.93 bits per heavy atom. The quantitative estimate of drug-likeness (QED) is 0.765. The molecule has 1 aromatic carbocycles. The zero-order chi connectivity index (χ0) is 11.0. The van der Waals surface area contributed by atoms with E-state index in [9.17, 15) is 9.90 Å². The number of benzene rings is 1. The number of hydrogen-bond donors (Lipinski definition) is 2. The van der Waals surface area contributed by atoms with Crippen molar-refractivity contribution in [2.24, 2.45) is 7.05 Å². The van der Waals surface area contributed by atoms with Crippen molar-refractivity contribution in [2.75, 3.05) is 0 Å². The van der Waals surface area contributed by atoms with Crippen molar-refractivity contribution in [3.05, 3.63) is 23.9 Å². The Labute approximate surface area is 85.6 Å². The van der Waals surface area contributed by atoms with Crippen LogP contribution in [-0.4, -0.2) is 26.0 Å². The molecule has 78 valence electrons. The molecule has 1 aromatic heterocycles. The molecule has 0 amide bonds. The number of aryl methyl sites for hydroxylation is 1. The summed E-state index contributed by atoms with van der Waals surface area (Å²) < 4.78 is 1.49.